The van der Waals surface area contributed by atoms with Crippen LogP contribution in [0.25, 0.3) is 0 Å². The van der Waals surface area contributed by atoms with E-state index < -0.39 is 0 Å². The van der Waals surface area contributed by atoms with Gasteiger partial charge in [0.1, 0.15) is 5.84 Å². The molecule has 0 saturated carbocycles. The number of hydrogen-bond acceptors (Lipinski definition) is 4. The van der Waals surface area contributed by atoms with Crippen LogP contribution in [0.4, 0.5) is 0 Å². The van der Waals surface area contributed by atoms with Crippen LogP contribution in [0.15, 0.2) is 18.2 Å². The third kappa shape index (κ3) is 3.38. The molecule has 6 heteroatoms. The van der Waals surface area contributed by atoms with Crippen LogP contribution in [0.5, 0.6) is 11.5 Å². The van der Waals surface area contributed by atoms with Crippen molar-refractivity contribution in [1.29, 1.82) is 5.41 Å². The van der Waals surface area contributed by atoms with Gasteiger partial charge in [-0.1, -0.05) is 0 Å². The summed E-state index contributed by atoms with van der Waals surface area (Å²) in [6.45, 7) is -0.0667. The fourth-order valence-corrected chi connectivity index (χ4v) is 1.22. The number of hydrogen-bond donors (Lipinski definition) is 2. The molecule has 0 saturated heterocycles. The highest BCUT2D eigenvalue weighted by Crippen LogP contribution is 2.27. The van der Waals surface area contributed by atoms with Crippen molar-refractivity contribution in [3.63, 3.8) is 0 Å². The topological polar surface area (TPSA) is 88.6 Å². The van der Waals surface area contributed by atoms with Gasteiger partial charge in [-0.2, -0.15) is 0 Å². The summed E-state index contributed by atoms with van der Waals surface area (Å²) in [7, 11) is 4.80. The number of rotatable bonds is 5. The predicted molar refractivity (Wildman–Crippen MR) is 68.2 cm³/mol. The zero-order chi connectivity index (χ0) is 13.7. The highest BCUT2D eigenvalue weighted by atomic mass is 16.5. The van der Waals surface area contributed by atoms with Crippen LogP contribution in [0, 0.1) is 5.41 Å². The molecule has 3 N–H and O–H groups in total. The van der Waals surface area contributed by atoms with Gasteiger partial charge in [0.15, 0.2) is 18.1 Å². The molecular weight excluding hydrogens is 234 g/mol. The minimum atomic E-state index is -0.146. The molecule has 0 aliphatic heterocycles. The van der Waals surface area contributed by atoms with Crippen molar-refractivity contribution in [2.24, 2.45) is 5.73 Å². The Labute approximate surface area is 106 Å². The first-order chi connectivity index (χ1) is 8.45. The van der Waals surface area contributed by atoms with Gasteiger partial charge in [0.2, 0.25) is 0 Å². The van der Waals surface area contributed by atoms with Crippen molar-refractivity contribution in [3.05, 3.63) is 23.8 Å². The maximum absolute atomic E-state index is 11.4. The summed E-state index contributed by atoms with van der Waals surface area (Å²) in [5, 5.41) is 7.32. The lowest BCUT2D eigenvalue weighted by Gasteiger charge is -2.14. The highest BCUT2D eigenvalue weighted by Gasteiger charge is 2.10. The molecule has 1 aromatic carbocycles. The van der Waals surface area contributed by atoms with E-state index in [9.17, 15) is 4.79 Å². The largest absolute Gasteiger partial charge is 0.493 e. The quantitative estimate of drug-likeness (QED) is 0.587. The lowest BCUT2D eigenvalue weighted by molar-refractivity contribution is -0.130. The van der Waals surface area contributed by atoms with Gasteiger partial charge in [0.25, 0.3) is 5.91 Å². The predicted octanol–water partition coefficient (Wildman–Crippen LogP) is 0.446. The van der Waals surface area contributed by atoms with E-state index in [0.29, 0.717) is 17.1 Å². The second-order valence-corrected chi connectivity index (χ2v) is 3.86. The molecule has 0 heterocycles. The summed E-state index contributed by atoms with van der Waals surface area (Å²) in [4.78, 5) is 12.8. The molecule has 1 aromatic rings. The van der Waals surface area contributed by atoms with Crippen LogP contribution in [-0.4, -0.2) is 44.5 Å². The minimum absolute atomic E-state index is 0.0517. The van der Waals surface area contributed by atoms with Gasteiger partial charge in [-0.15, -0.1) is 0 Å². The third-order valence-corrected chi connectivity index (χ3v) is 2.32. The molecule has 0 unspecified atom stereocenters. The molecule has 18 heavy (non-hydrogen) atoms. The zero-order valence-electron chi connectivity index (χ0n) is 10.7. The average molecular weight is 251 g/mol. The minimum Gasteiger partial charge on any atom is -0.493 e. The Morgan fingerprint density at radius 1 is 1.39 bits per heavy atom. The first-order valence-corrected chi connectivity index (χ1v) is 5.31. The molecule has 0 aromatic heterocycles. The molecule has 1 rings (SSSR count). The molecule has 6 nitrogen and oxygen atoms in total. The summed E-state index contributed by atoms with van der Waals surface area (Å²) in [6.07, 6.45) is 0. The number of likely N-dealkylation sites (N-methyl/N-ethyl adjacent to an activating group) is 1. The monoisotopic (exact) mass is 251 g/mol. The van der Waals surface area contributed by atoms with Crippen LogP contribution < -0.4 is 15.2 Å². The van der Waals surface area contributed by atoms with Crippen LogP contribution in [0.1, 0.15) is 5.56 Å². The lowest BCUT2D eigenvalue weighted by atomic mass is 10.2. The number of nitrogens with two attached hydrogens (primary N) is 1. The van der Waals surface area contributed by atoms with E-state index in [0.717, 1.165) is 0 Å². The van der Waals surface area contributed by atoms with Gasteiger partial charge in [0, 0.05) is 19.7 Å². The van der Waals surface area contributed by atoms with Crippen LogP contribution in [0.2, 0.25) is 0 Å². The SMILES string of the molecule is COc1cc(C(=N)N)ccc1OCC(=O)N(C)C. The number of nitrogen functional groups attached to an aromatic ring is 1. The van der Waals surface area contributed by atoms with Crippen molar-refractivity contribution in [1.82, 2.24) is 4.90 Å². The van der Waals surface area contributed by atoms with Crippen molar-refractivity contribution >= 4 is 11.7 Å². The summed E-state index contributed by atoms with van der Waals surface area (Å²) in [5.41, 5.74) is 5.92. The Morgan fingerprint density at radius 2 is 2.06 bits per heavy atom. The van der Waals surface area contributed by atoms with E-state index >= 15 is 0 Å². The maximum Gasteiger partial charge on any atom is 0.259 e. The van der Waals surface area contributed by atoms with E-state index in [1.54, 1.807) is 32.3 Å². The second-order valence-electron chi connectivity index (χ2n) is 3.86. The van der Waals surface area contributed by atoms with E-state index in [-0.39, 0.29) is 18.3 Å². The van der Waals surface area contributed by atoms with Gasteiger partial charge >= 0.3 is 0 Å². The van der Waals surface area contributed by atoms with Gasteiger partial charge in [-0.3, -0.25) is 10.2 Å². The molecule has 0 aliphatic carbocycles. The van der Waals surface area contributed by atoms with E-state index in [1.165, 1.54) is 12.0 Å². The zero-order valence-corrected chi connectivity index (χ0v) is 10.7. The number of carbonyl (C=O) groups is 1. The van der Waals surface area contributed by atoms with Gasteiger partial charge in [-0.25, -0.2) is 0 Å². The Bertz CT molecular complexity index is 458. The number of benzene rings is 1. The van der Waals surface area contributed by atoms with Crippen LogP contribution in [0.3, 0.4) is 0 Å². The number of methoxy groups -OCH3 is 1. The molecule has 98 valence electrons. The highest BCUT2D eigenvalue weighted by molar-refractivity contribution is 5.95. The second kappa shape index (κ2) is 5.90. The van der Waals surface area contributed by atoms with Crippen molar-refractivity contribution < 1.29 is 14.3 Å². The molecule has 0 radical (unpaired) electrons. The number of nitrogens with one attached hydrogen (secondary N) is 1. The number of carbonyl (C=O) groups excluding carboxylic acids is 1. The Morgan fingerprint density at radius 3 is 2.56 bits per heavy atom. The van der Waals surface area contributed by atoms with Gasteiger partial charge < -0.3 is 20.1 Å². The number of amides is 1. The van der Waals surface area contributed by atoms with E-state index in [1.807, 2.05) is 0 Å². The summed E-state index contributed by atoms with van der Waals surface area (Å²) < 4.78 is 10.5. The van der Waals surface area contributed by atoms with Crippen molar-refractivity contribution in [2.75, 3.05) is 27.8 Å². The molecule has 1 amide bonds. The normalized spacial score (nSPS) is 9.72. The van der Waals surface area contributed by atoms with Crippen LogP contribution >= 0.6 is 0 Å². The number of amidine groups is 1. The molecule has 0 spiro atoms. The van der Waals surface area contributed by atoms with Crippen LogP contribution in [-0.2, 0) is 4.79 Å². The third-order valence-electron chi connectivity index (χ3n) is 2.32. The molecule has 0 bridgehead atoms. The summed E-state index contributed by atoms with van der Waals surface area (Å²) >= 11 is 0. The molecule has 0 aliphatic rings. The maximum atomic E-state index is 11.4. The van der Waals surface area contributed by atoms with Gasteiger partial charge in [-0.05, 0) is 18.2 Å². The smallest absolute Gasteiger partial charge is 0.259 e. The van der Waals surface area contributed by atoms with E-state index in [2.05, 4.69) is 0 Å². The molecular formula is C12H17N3O3. The van der Waals surface area contributed by atoms with Gasteiger partial charge in [0.05, 0.1) is 7.11 Å². The Balaban J connectivity index is 2.83. The lowest BCUT2D eigenvalue weighted by Crippen LogP contribution is -2.27. The number of nitrogens with zero attached hydrogens (tertiary/aromatic N) is 1. The Hall–Kier alpha value is -2.24. The average Bonchev–Trinajstić information content (AvgIpc) is 2.35. The molecule has 0 atom stereocenters. The number of ether oxygens (including phenoxy) is 2. The fourth-order valence-electron chi connectivity index (χ4n) is 1.22. The molecule has 0 fully saturated rings. The first kappa shape index (κ1) is 13.8. The Kier molecular flexibility index (Phi) is 4.53. The standard InChI is InChI=1S/C12H17N3O3/c1-15(2)11(16)7-18-9-5-4-8(12(13)14)6-10(9)17-3/h4-6H,7H2,1-3H3,(H3,13,14). The first-order valence-electron chi connectivity index (χ1n) is 5.31. The fraction of sp³-hybridized carbons (Fsp3) is 0.333. The van der Waals surface area contributed by atoms with Crippen molar-refractivity contribution in [3.8, 4) is 11.5 Å². The van der Waals surface area contributed by atoms with E-state index in [4.69, 9.17) is 20.6 Å². The summed E-state index contributed by atoms with van der Waals surface area (Å²) in [6, 6.07) is 4.86. The summed E-state index contributed by atoms with van der Waals surface area (Å²) in [5.74, 6) is 0.684. The van der Waals surface area contributed by atoms with Crippen molar-refractivity contribution in [2.45, 2.75) is 0 Å².